The smallest absolute Gasteiger partial charge is 0.266 e. The average molecular weight is 187 g/mol. The first-order valence-corrected chi connectivity index (χ1v) is 4.03. The summed E-state index contributed by atoms with van der Waals surface area (Å²) in [7, 11) is 0. The van der Waals surface area contributed by atoms with Crippen molar-refractivity contribution in [2.75, 3.05) is 6.54 Å². The van der Waals surface area contributed by atoms with Crippen LogP contribution in [0.2, 0.25) is 0 Å². The van der Waals surface area contributed by atoms with Crippen molar-refractivity contribution >= 4 is 0 Å². The highest BCUT2D eigenvalue weighted by Crippen LogP contribution is 2.15. The largest absolute Gasteiger partial charge is 0.330 e. The first kappa shape index (κ1) is 9.98. The van der Waals surface area contributed by atoms with Crippen molar-refractivity contribution in [1.29, 1.82) is 0 Å². The molecule has 0 radical (unpaired) electrons. The maximum Gasteiger partial charge on any atom is 0.266 e. The molecule has 72 valence electrons. The lowest BCUT2D eigenvalue weighted by Crippen LogP contribution is -2.03. The van der Waals surface area contributed by atoms with Crippen LogP contribution in [0.1, 0.15) is 24.2 Å². The Balaban J connectivity index is 2.59. The number of alkyl halides is 2. The fraction of sp³-hybridized carbons (Fsp3) is 0.500. The summed E-state index contributed by atoms with van der Waals surface area (Å²) in [5, 5.41) is 0. The number of halogens is 2. The third kappa shape index (κ3) is 3.02. The summed E-state index contributed by atoms with van der Waals surface area (Å²) in [5.74, 6) is 0.565. The first-order valence-electron chi connectivity index (χ1n) is 4.03. The second-order valence-corrected chi connectivity index (χ2v) is 2.63. The van der Waals surface area contributed by atoms with E-state index in [1.54, 1.807) is 0 Å². The standard InChI is InChI=1S/C8H11F2N3/c9-8(10)6-4-12-7(13-5-6)2-1-3-11/h4-5,8H,1-3,11H2. The molecule has 2 N–H and O–H groups in total. The van der Waals surface area contributed by atoms with Gasteiger partial charge in [0.1, 0.15) is 5.82 Å². The van der Waals surface area contributed by atoms with Gasteiger partial charge in [-0.1, -0.05) is 0 Å². The van der Waals surface area contributed by atoms with E-state index in [1.165, 1.54) is 0 Å². The minimum Gasteiger partial charge on any atom is -0.330 e. The van der Waals surface area contributed by atoms with Crippen LogP contribution in [-0.4, -0.2) is 16.5 Å². The third-order valence-electron chi connectivity index (χ3n) is 1.58. The molecular weight excluding hydrogens is 176 g/mol. The van der Waals surface area contributed by atoms with Gasteiger partial charge in [0.2, 0.25) is 0 Å². The predicted molar refractivity (Wildman–Crippen MR) is 44.4 cm³/mol. The van der Waals surface area contributed by atoms with Crippen LogP contribution in [0.25, 0.3) is 0 Å². The van der Waals surface area contributed by atoms with Crippen molar-refractivity contribution in [2.45, 2.75) is 19.3 Å². The molecule has 0 fully saturated rings. The molecule has 0 aliphatic carbocycles. The van der Waals surface area contributed by atoms with Gasteiger partial charge < -0.3 is 5.73 Å². The van der Waals surface area contributed by atoms with E-state index in [2.05, 4.69) is 9.97 Å². The molecule has 1 rings (SSSR count). The van der Waals surface area contributed by atoms with E-state index < -0.39 is 6.43 Å². The average Bonchev–Trinajstić information content (AvgIpc) is 2.15. The molecule has 1 heterocycles. The molecule has 0 saturated heterocycles. The molecule has 0 spiro atoms. The maximum atomic E-state index is 12.1. The van der Waals surface area contributed by atoms with Gasteiger partial charge in [-0.05, 0) is 13.0 Å². The van der Waals surface area contributed by atoms with Crippen molar-refractivity contribution < 1.29 is 8.78 Å². The van der Waals surface area contributed by atoms with E-state index in [0.29, 0.717) is 18.8 Å². The Morgan fingerprint density at radius 1 is 1.31 bits per heavy atom. The van der Waals surface area contributed by atoms with E-state index >= 15 is 0 Å². The number of aryl methyl sites for hydroxylation is 1. The van der Waals surface area contributed by atoms with Gasteiger partial charge in [-0.25, -0.2) is 18.7 Å². The number of rotatable bonds is 4. The molecule has 0 aliphatic rings. The zero-order valence-electron chi connectivity index (χ0n) is 7.08. The van der Waals surface area contributed by atoms with Gasteiger partial charge in [-0.2, -0.15) is 0 Å². The molecule has 0 saturated carbocycles. The summed E-state index contributed by atoms with van der Waals surface area (Å²) >= 11 is 0. The second kappa shape index (κ2) is 4.81. The van der Waals surface area contributed by atoms with E-state index in [4.69, 9.17) is 5.73 Å². The van der Waals surface area contributed by atoms with Gasteiger partial charge in [0.05, 0.1) is 5.56 Å². The Hall–Kier alpha value is -1.10. The van der Waals surface area contributed by atoms with Crippen molar-refractivity contribution in [3.63, 3.8) is 0 Å². The summed E-state index contributed by atoms with van der Waals surface area (Å²) in [6, 6.07) is 0. The molecular formula is C8H11F2N3. The predicted octanol–water partition coefficient (Wildman–Crippen LogP) is 1.31. The van der Waals surface area contributed by atoms with Crippen LogP contribution in [0.5, 0.6) is 0 Å². The minimum atomic E-state index is -2.50. The Labute approximate surface area is 75.0 Å². The molecule has 13 heavy (non-hydrogen) atoms. The van der Waals surface area contributed by atoms with Gasteiger partial charge in [0, 0.05) is 18.8 Å². The van der Waals surface area contributed by atoms with Crippen LogP contribution < -0.4 is 5.73 Å². The lowest BCUT2D eigenvalue weighted by molar-refractivity contribution is 0.150. The summed E-state index contributed by atoms with van der Waals surface area (Å²) in [6.45, 7) is 0.556. The highest BCUT2D eigenvalue weighted by Gasteiger charge is 2.07. The number of aromatic nitrogens is 2. The fourth-order valence-electron chi connectivity index (χ4n) is 0.867. The quantitative estimate of drug-likeness (QED) is 0.773. The summed E-state index contributed by atoms with van der Waals surface area (Å²) in [6.07, 6.45) is 1.23. The topological polar surface area (TPSA) is 51.8 Å². The van der Waals surface area contributed by atoms with Gasteiger partial charge >= 0.3 is 0 Å². The molecule has 0 bridgehead atoms. The number of nitrogens with zero attached hydrogens (tertiary/aromatic N) is 2. The van der Waals surface area contributed by atoms with Crippen molar-refractivity contribution in [3.8, 4) is 0 Å². The van der Waals surface area contributed by atoms with Crippen LogP contribution in [0.3, 0.4) is 0 Å². The molecule has 0 amide bonds. The lowest BCUT2D eigenvalue weighted by atomic mass is 10.3. The molecule has 0 unspecified atom stereocenters. The van der Waals surface area contributed by atoms with Gasteiger partial charge in [0.25, 0.3) is 6.43 Å². The summed E-state index contributed by atoms with van der Waals surface area (Å²) in [5.41, 5.74) is 5.14. The minimum absolute atomic E-state index is 0.142. The fourth-order valence-corrected chi connectivity index (χ4v) is 0.867. The summed E-state index contributed by atoms with van der Waals surface area (Å²) < 4.78 is 24.1. The van der Waals surface area contributed by atoms with E-state index in [9.17, 15) is 8.78 Å². The van der Waals surface area contributed by atoms with Crippen LogP contribution >= 0.6 is 0 Å². The monoisotopic (exact) mass is 187 g/mol. The van der Waals surface area contributed by atoms with Crippen LogP contribution in [0.4, 0.5) is 8.78 Å². The zero-order chi connectivity index (χ0) is 9.68. The van der Waals surface area contributed by atoms with Gasteiger partial charge in [-0.15, -0.1) is 0 Å². The zero-order valence-corrected chi connectivity index (χ0v) is 7.08. The van der Waals surface area contributed by atoms with Crippen molar-refractivity contribution in [2.24, 2.45) is 5.73 Å². The van der Waals surface area contributed by atoms with Crippen molar-refractivity contribution in [3.05, 3.63) is 23.8 Å². The SMILES string of the molecule is NCCCc1ncc(C(F)F)cn1. The Bertz CT molecular complexity index is 248. The second-order valence-electron chi connectivity index (χ2n) is 2.63. The third-order valence-corrected chi connectivity index (χ3v) is 1.58. The van der Waals surface area contributed by atoms with E-state index in [0.717, 1.165) is 18.8 Å². The van der Waals surface area contributed by atoms with Crippen LogP contribution in [0.15, 0.2) is 12.4 Å². The molecule has 5 heteroatoms. The van der Waals surface area contributed by atoms with Gasteiger partial charge in [0.15, 0.2) is 0 Å². The highest BCUT2D eigenvalue weighted by molar-refractivity contribution is 5.06. The number of hydrogen-bond donors (Lipinski definition) is 1. The Morgan fingerprint density at radius 2 is 1.92 bits per heavy atom. The summed E-state index contributed by atoms with van der Waals surface area (Å²) in [4.78, 5) is 7.58. The molecule has 1 aromatic heterocycles. The number of nitrogens with two attached hydrogens (primary N) is 1. The molecule has 0 atom stereocenters. The van der Waals surface area contributed by atoms with E-state index in [-0.39, 0.29) is 5.56 Å². The first-order chi connectivity index (χ1) is 6.24. The molecule has 0 aliphatic heterocycles. The molecule has 0 aromatic carbocycles. The van der Waals surface area contributed by atoms with Crippen molar-refractivity contribution in [1.82, 2.24) is 9.97 Å². The maximum absolute atomic E-state index is 12.1. The Kier molecular flexibility index (Phi) is 3.70. The Morgan fingerprint density at radius 3 is 2.38 bits per heavy atom. The normalized spacial score (nSPS) is 10.8. The van der Waals surface area contributed by atoms with Crippen LogP contribution in [0, 0.1) is 0 Å². The van der Waals surface area contributed by atoms with E-state index in [1.807, 2.05) is 0 Å². The van der Waals surface area contributed by atoms with Gasteiger partial charge in [-0.3, -0.25) is 0 Å². The highest BCUT2D eigenvalue weighted by atomic mass is 19.3. The molecule has 1 aromatic rings. The van der Waals surface area contributed by atoms with Crippen LogP contribution in [-0.2, 0) is 6.42 Å². The lowest BCUT2D eigenvalue weighted by Gasteiger charge is -2.00. The number of hydrogen-bond acceptors (Lipinski definition) is 3. The molecule has 3 nitrogen and oxygen atoms in total.